The highest BCUT2D eigenvalue weighted by atomic mass is 16.7. The standard InChI is InChI=1S/C56H54O17.C51H44O18/c1-4-43(57)15-11-7-6-8-13-35-66-55(63)71-46-28-22-40(23-29-46)52(60)69-45-26-18-42(19-27-45)54(62)73-49-33-32-48(37-38(49)3)70-53(61)41-16-24-44(25-17-41)68-51(59)39-20-30-47(31-21-39)72-56(64)67-36-14-10-9-12-34-65-50(58)5-2;1-4-44(52)60-28-6-8-30-62-50(58)67-40-22-14-34(15-23-40)46(54)64-38-18-10-36(11-19-38)48(56)66-42-26-27-43(33(3)32-42)69-49(57)37-12-20-39(21-13-37)65-47(55)35-16-24-41(25-17-35)68-51(59)63-31-9-7-29-61-45(53)5-2/h4-5,16-33,37H,1-2,6-15,34-36H2,3H3;4-5,10-27,32H,1-2,6-9,28-31H2,3H3. The smallest absolute Gasteiger partial charge is 0.463 e. The van der Waals surface area contributed by atoms with E-state index in [1.165, 1.54) is 237 Å². The van der Waals surface area contributed by atoms with Gasteiger partial charge in [0.05, 0.1) is 90.8 Å². The highest BCUT2D eigenvalue weighted by Crippen LogP contribution is 2.31. The first-order valence-electron chi connectivity index (χ1n) is 44.3. The van der Waals surface area contributed by atoms with Crippen LogP contribution in [0.3, 0.4) is 0 Å². The Kier molecular flexibility index (Phi) is 43.9. The second-order valence-corrected chi connectivity index (χ2v) is 30.1. The second-order valence-electron chi connectivity index (χ2n) is 30.1. The van der Waals surface area contributed by atoms with E-state index >= 15 is 0 Å². The van der Waals surface area contributed by atoms with Crippen LogP contribution < -0.4 is 56.8 Å². The van der Waals surface area contributed by atoms with Gasteiger partial charge in [-0.25, -0.2) is 71.9 Å². The van der Waals surface area contributed by atoms with Crippen LogP contribution in [-0.4, -0.2) is 142 Å². The molecule has 0 aliphatic rings. The number of hydrogen-bond acceptors (Lipinski definition) is 35. The van der Waals surface area contributed by atoms with Gasteiger partial charge in [-0.3, -0.25) is 4.79 Å². The van der Waals surface area contributed by atoms with E-state index in [1.807, 2.05) is 0 Å². The van der Waals surface area contributed by atoms with Crippen LogP contribution in [0.5, 0.6) is 69.0 Å². The fraction of sp³-hybridized carbons (Fsp3) is 0.215. The van der Waals surface area contributed by atoms with E-state index in [1.54, 1.807) is 13.8 Å². The Bertz CT molecular complexity index is 6080. The van der Waals surface area contributed by atoms with Gasteiger partial charge in [-0.05, 0) is 326 Å². The first kappa shape index (κ1) is 108. The summed E-state index contributed by atoms with van der Waals surface area (Å²) in [7, 11) is 0. The highest BCUT2D eigenvalue weighted by Gasteiger charge is 2.23. The number of benzene rings is 10. The van der Waals surface area contributed by atoms with Gasteiger partial charge in [0.1, 0.15) is 69.0 Å². The monoisotopic (exact) mass is 1940 g/mol. The van der Waals surface area contributed by atoms with E-state index in [4.69, 9.17) is 90.0 Å². The summed E-state index contributed by atoms with van der Waals surface area (Å²) in [5.74, 6) is -5.16. The fourth-order valence-electron chi connectivity index (χ4n) is 12.0. The maximum Gasteiger partial charge on any atom is 0.513 e. The molecule has 0 aliphatic heterocycles. The quantitative estimate of drug-likeness (QED) is 0.00853. The summed E-state index contributed by atoms with van der Waals surface area (Å²) in [6.45, 7) is 17.8. The Morgan fingerprint density at radius 2 is 0.373 bits per heavy atom. The van der Waals surface area contributed by atoms with Gasteiger partial charge < -0.3 is 90.0 Å². The lowest BCUT2D eigenvalue weighted by atomic mass is 10.1. The van der Waals surface area contributed by atoms with Crippen LogP contribution in [0.2, 0.25) is 0 Å². The van der Waals surface area contributed by atoms with Crippen molar-refractivity contribution in [2.45, 2.75) is 104 Å². The minimum absolute atomic E-state index is 0.0323. The molecule has 736 valence electrons. The van der Waals surface area contributed by atoms with Crippen LogP contribution in [0.4, 0.5) is 19.2 Å². The Morgan fingerprint density at radius 1 is 0.197 bits per heavy atom. The SMILES string of the molecule is C=CC(=O)CCCCCCCOC(=O)Oc1ccc(C(=O)Oc2ccc(C(=O)Oc3ccc(OC(=O)c4ccc(OC(=O)c5ccc(OC(=O)OCCCCCCOC(=O)C=C)cc5)cc4)cc3C)cc2)cc1.C=CC(=O)OCCCCOC(=O)Oc1ccc(C(=O)Oc2ccc(C(=O)Oc3ccc(OC(=O)c4ccc(OC(=O)c5ccc(OC(=O)OCCCCOC(=O)C=C)cc5)cc4)c(C)c3)cc2)cc1. The zero-order chi connectivity index (χ0) is 102. The molecule has 0 saturated heterocycles. The van der Waals surface area contributed by atoms with Crippen LogP contribution >= 0.6 is 0 Å². The molecule has 0 amide bonds. The van der Waals surface area contributed by atoms with Crippen molar-refractivity contribution in [3.8, 4) is 69.0 Å². The maximum absolute atomic E-state index is 13.0. The normalized spacial score (nSPS) is 10.4. The lowest BCUT2D eigenvalue weighted by molar-refractivity contribution is -0.138. The third kappa shape index (κ3) is 38.3. The Balaban J connectivity index is 0.000000317. The van der Waals surface area contributed by atoms with Crippen molar-refractivity contribution >= 4 is 96.1 Å². The number of unbranched alkanes of at least 4 members (excludes halogenated alkanes) is 9. The summed E-state index contributed by atoms with van der Waals surface area (Å²) in [4.78, 5) is 195. The highest BCUT2D eigenvalue weighted by molar-refractivity contribution is 5.97. The first-order chi connectivity index (χ1) is 68.6. The van der Waals surface area contributed by atoms with E-state index in [-0.39, 0.29) is 159 Å². The third-order valence-electron chi connectivity index (χ3n) is 19.5. The predicted octanol–water partition coefficient (Wildman–Crippen LogP) is 20.2. The zero-order valence-electron chi connectivity index (χ0n) is 77.2. The minimum Gasteiger partial charge on any atom is -0.463 e. The summed E-state index contributed by atoms with van der Waals surface area (Å²) in [5, 5.41) is 0. The topological polar surface area (TPSA) is 448 Å². The van der Waals surface area contributed by atoms with Gasteiger partial charge in [-0.2, -0.15) is 0 Å². The van der Waals surface area contributed by atoms with Crippen LogP contribution in [0.15, 0.2) is 281 Å². The molecule has 35 nitrogen and oxygen atoms in total. The molecule has 0 bridgehead atoms. The van der Waals surface area contributed by atoms with Gasteiger partial charge in [0.2, 0.25) is 0 Å². The van der Waals surface area contributed by atoms with E-state index in [0.29, 0.717) is 69.1 Å². The molecule has 0 fully saturated rings. The van der Waals surface area contributed by atoms with Gasteiger partial charge in [-0.15, -0.1) is 0 Å². The largest absolute Gasteiger partial charge is 0.513 e. The summed E-state index contributed by atoms with van der Waals surface area (Å²) in [6, 6.07) is 54.1. The first-order valence-corrected chi connectivity index (χ1v) is 44.3. The molecule has 0 radical (unpaired) electrons. The maximum atomic E-state index is 13.0. The van der Waals surface area contributed by atoms with Crippen molar-refractivity contribution in [1.29, 1.82) is 0 Å². The number of allylic oxidation sites excluding steroid dienone is 1. The fourth-order valence-corrected chi connectivity index (χ4v) is 12.0. The van der Waals surface area contributed by atoms with Crippen molar-refractivity contribution in [3.05, 3.63) is 337 Å². The Labute approximate surface area is 814 Å². The molecule has 0 spiro atoms. The van der Waals surface area contributed by atoms with Crippen LogP contribution in [0.25, 0.3) is 0 Å². The van der Waals surface area contributed by atoms with Gasteiger partial charge in [-0.1, -0.05) is 45.6 Å². The van der Waals surface area contributed by atoms with Crippen molar-refractivity contribution < 1.29 is 167 Å². The Hall–Kier alpha value is -17.9. The third-order valence-corrected chi connectivity index (χ3v) is 19.5. The van der Waals surface area contributed by atoms with Crippen molar-refractivity contribution in [2.75, 3.05) is 46.2 Å². The van der Waals surface area contributed by atoms with Gasteiger partial charge in [0.15, 0.2) is 5.78 Å². The molecule has 35 heteroatoms. The molecule has 10 rings (SSSR count). The molecule has 0 aromatic heterocycles. The summed E-state index contributed by atoms with van der Waals surface area (Å²) >= 11 is 0. The molecule has 10 aromatic rings. The molecular formula is C107H98O35. The molecule has 10 aromatic carbocycles. The van der Waals surface area contributed by atoms with E-state index in [9.17, 15) is 76.7 Å². The number of ether oxygens (including phenoxy) is 19. The summed E-state index contributed by atoms with van der Waals surface area (Å²) in [6.07, 6.45) is 10.2. The number of esters is 11. The molecule has 0 aliphatic carbocycles. The average molecular weight is 1940 g/mol. The van der Waals surface area contributed by atoms with Gasteiger partial charge >= 0.3 is 90.3 Å². The summed E-state index contributed by atoms with van der Waals surface area (Å²) in [5.41, 5.74) is 2.27. The average Bonchev–Trinajstić information content (AvgIpc) is 0.904. The van der Waals surface area contributed by atoms with E-state index < -0.39 is 90.3 Å². The van der Waals surface area contributed by atoms with E-state index in [2.05, 4.69) is 26.3 Å². The lowest BCUT2D eigenvalue weighted by Gasteiger charge is -2.11. The molecule has 0 N–H and O–H groups in total. The molecule has 0 atom stereocenters. The van der Waals surface area contributed by atoms with Gasteiger partial charge in [0, 0.05) is 24.6 Å². The number of carbonyl (C=O) groups is 16. The second kappa shape index (κ2) is 57.8. The number of aryl methyl sites for hydroxylation is 2. The number of rotatable bonds is 49. The van der Waals surface area contributed by atoms with Crippen molar-refractivity contribution in [1.82, 2.24) is 0 Å². The van der Waals surface area contributed by atoms with Crippen molar-refractivity contribution in [2.24, 2.45) is 0 Å². The minimum atomic E-state index is -0.943. The molecule has 0 unspecified atom stereocenters. The molecule has 142 heavy (non-hydrogen) atoms. The van der Waals surface area contributed by atoms with Crippen LogP contribution in [0, 0.1) is 13.8 Å². The number of carbonyl (C=O) groups excluding carboxylic acids is 16. The number of ketones is 1. The number of hydrogen-bond donors (Lipinski definition) is 0. The van der Waals surface area contributed by atoms with Gasteiger partial charge in [0.25, 0.3) is 0 Å². The molecule has 0 saturated carbocycles. The summed E-state index contributed by atoms with van der Waals surface area (Å²) < 4.78 is 99.0. The molecular weight excluding hydrogens is 1850 g/mol. The van der Waals surface area contributed by atoms with Crippen LogP contribution in [0.1, 0.15) is 184 Å². The predicted molar refractivity (Wildman–Crippen MR) is 505 cm³/mol. The van der Waals surface area contributed by atoms with E-state index in [0.717, 1.165) is 56.8 Å². The van der Waals surface area contributed by atoms with Crippen LogP contribution in [-0.2, 0) is 52.3 Å². The lowest BCUT2D eigenvalue weighted by Crippen LogP contribution is -2.13. The zero-order valence-corrected chi connectivity index (χ0v) is 77.2. The van der Waals surface area contributed by atoms with Crippen molar-refractivity contribution in [3.63, 3.8) is 0 Å². The molecule has 0 heterocycles. The Morgan fingerprint density at radius 3 is 0.585 bits per heavy atom.